The van der Waals surface area contributed by atoms with E-state index in [9.17, 15) is 4.79 Å². The van der Waals surface area contributed by atoms with Crippen molar-refractivity contribution in [2.45, 2.75) is 6.54 Å². The third-order valence-corrected chi connectivity index (χ3v) is 4.35. The lowest BCUT2D eigenvalue weighted by molar-refractivity contribution is 0.0965. The molecule has 0 saturated carbocycles. The van der Waals surface area contributed by atoms with E-state index in [2.05, 4.69) is 9.82 Å². The summed E-state index contributed by atoms with van der Waals surface area (Å²) in [5.41, 5.74) is 2.36. The van der Waals surface area contributed by atoms with Gasteiger partial charge < -0.3 is 4.74 Å². The zero-order chi connectivity index (χ0) is 18.6. The second kappa shape index (κ2) is 7.61. The largest absolute Gasteiger partial charge is 0.438 e. The van der Waals surface area contributed by atoms with Crippen molar-refractivity contribution in [3.05, 3.63) is 90.3 Å². The van der Waals surface area contributed by atoms with E-state index in [1.54, 1.807) is 29.1 Å². The molecule has 27 heavy (non-hydrogen) atoms. The summed E-state index contributed by atoms with van der Waals surface area (Å²) in [5, 5.41) is 0.837. The summed E-state index contributed by atoms with van der Waals surface area (Å²) in [4.78, 5) is 19.6. The van der Waals surface area contributed by atoms with Crippen LogP contribution in [-0.2, 0) is 6.54 Å². The summed E-state index contributed by atoms with van der Waals surface area (Å²) >= 11 is 5.56. The van der Waals surface area contributed by atoms with Gasteiger partial charge in [-0.15, -0.1) is 0 Å². The zero-order valence-electron chi connectivity index (χ0n) is 14.3. The van der Waals surface area contributed by atoms with Gasteiger partial charge >= 0.3 is 0 Å². The van der Waals surface area contributed by atoms with Crippen LogP contribution in [0.3, 0.4) is 0 Å². The Labute approximate surface area is 161 Å². The number of benzene rings is 2. The third kappa shape index (κ3) is 3.56. The number of rotatable bonds is 5. The van der Waals surface area contributed by atoms with Crippen LogP contribution in [-0.4, -0.2) is 15.5 Å². The molecule has 4 aromatic rings. The van der Waals surface area contributed by atoms with E-state index in [1.807, 2.05) is 54.6 Å². The van der Waals surface area contributed by atoms with E-state index in [4.69, 9.17) is 16.5 Å². The van der Waals surface area contributed by atoms with Gasteiger partial charge in [0.05, 0.1) is 5.52 Å². The Kier molecular flexibility index (Phi) is 4.87. The summed E-state index contributed by atoms with van der Waals surface area (Å²) < 4.78 is 7.59. The van der Waals surface area contributed by atoms with E-state index in [0.717, 1.165) is 16.5 Å². The summed E-state index contributed by atoms with van der Waals surface area (Å²) in [6, 6.07) is 20.3. The standard InChI is InChI=1S/C21H16ClN3O2/c22-24-14-15-9-11-23-20(13-15)27-19-8-4-7-18-17(19)10-12-25(18)21(26)16-5-2-1-3-6-16/h1-13,24H,14H2. The molecule has 0 fully saturated rings. The third-order valence-electron chi connectivity index (χ3n) is 4.22. The number of fused-ring (bicyclic) bond motifs is 1. The molecule has 0 radical (unpaired) electrons. The lowest BCUT2D eigenvalue weighted by Gasteiger charge is -2.09. The van der Waals surface area contributed by atoms with Crippen LogP contribution < -0.4 is 9.57 Å². The van der Waals surface area contributed by atoms with Gasteiger partial charge in [0.15, 0.2) is 0 Å². The Hall–Kier alpha value is -3.15. The quantitative estimate of drug-likeness (QED) is 0.509. The zero-order valence-corrected chi connectivity index (χ0v) is 15.1. The average Bonchev–Trinajstić information content (AvgIpc) is 3.14. The molecule has 0 aliphatic carbocycles. The van der Waals surface area contributed by atoms with Gasteiger partial charge in [0.2, 0.25) is 5.88 Å². The van der Waals surface area contributed by atoms with Crippen molar-refractivity contribution in [1.29, 1.82) is 0 Å². The maximum Gasteiger partial charge on any atom is 0.262 e. The highest BCUT2D eigenvalue weighted by Gasteiger charge is 2.14. The highest BCUT2D eigenvalue weighted by atomic mass is 35.5. The van der Waals surface area contributed by atoms with Gasteiger partial charge in [0.1, 0.15) is 5.75 Å². The second-order valence-electron chi connectivity index (χ2n) is 5.96. The fourth-order valence-corrected chi connectivity index (χ4v) is 3.09. The Morgan fingerprint density at radius 2 is 1.93 bits per heavy atom. The minimum Gasteiger partial charge on any atom is -0.438 e. The van der Waals surface area contributed by atoms with E-state index < -0.39 is 0 Å². The molecule has 5 nitrogen and oxygen atoms in total. The van der Waals surface area contributed by atoms with Crippen LogP contribution in [0.4, 0.5) is 0 Å². The number of hydrogen-bond acceptors (Lipinski definition) is 4. The maximum absolute atomic E-state index is 12.8. The molecule has 2 heterocycles. The molecule has 0 unspecified atom stereocenters. The molecular formula is C21H16ClN3O2. The van der Waals surface area contributed by atoms with Crippen molar-refractivity contribution >= 4 is 28.6 Å². The maximum atomic E-state index is 12.8. The van der Waals surface area contributed by atoms with Gasteiger partial charge in [-0.05, 0) is 53.7 Å². The van der Waals surface area contributed by atoms with E-state index in [0.29, 0.717) is 23.7 Å². The van der Waals surface area contributed by atoms with Gasteiger partial charge in [-0.25, -0.2) is 9.82 Å². The molecule has 6 heteroatoms. The number of carbonyl (C=O) groups excluding carboxylic acids is 1. The number of carbonyl (C=O) groups is 1. The minimum atomic E-state index is -0.0870. The first-order chi connectivity index (χ1) is 13.3. The summed E-state index contributed by atoms with van der Waals surface area (Å²) in [6.45, 7) is 0.507. The summed E-state index contributed by atoms with van der Waals surface area (Å²) in [6.07, 6.45) is 3.43. The van der Waals surface area contributed by atoms with E-state index >= 15 is 0 Å². The van der Waals surface area contributed by atoms with Crippen molar-refractivity contribution in [3.63, 3.8) is 0 Å². The monoisotopic (exact) mass is 377 g/mol. The van der Waals surface area contributed by atoms with Crippen LogP contribution in [0.15, 0.2) is 79.1 Å². The molecule has 0 bridgehead atoms. The molecule has 0 spiro atoms. The predicted molar refractivity (Wildman–Crippen MR) is 105 cm³/mol. The molecule has 0 aliphatic heterocycles. The van der Waals surface area contributed by atoms with Gasteiger partial charge in [0.25, 0.3) is 5.91 Å². The number of hydrogen-bond donors (Lipinski definition) is 1. The number of pyridine rings is 1. The Balaban J connectivity index is 1.69. The molecule has 134 valence electrons. The van der Waals surface area contributed by atoms with E-state index in [1.165, 1.54) is 0 Å². The SMILES string of the molecule is O=C(c1ccccc1)n1ccc2c(Oc3cc(CNCl)ccn3)cccc21. The first kappa shape index (κ1) is 17.3. The molecule has 2 aromatic heterocycles. The number of nitrogens with zero attached hydrogens (tertiary/aromatic N) is 2. The molecule has 1 N–H and O–H groups in total. The fraction of sp³-hybridized carbons (Fsp3) is 0.0476. The average molecular weight is 378 g/mol. The van der Waals surface area contributed by atoms with Crippen LogP contribution in [0.5, 0.6) is 11.6 Å². The van der Waals surface area contributed by atoms with Crippen LogP contribution in [0, 0.1) is 0 Å². The lowest BCUT2D eigenvalue weighted by atomic mass is 10.2. The molecule has 0 atom stereocenters. The molecule has 2 aromatic carbocycles. The Morgan fingerprint density at radius 3 is 2.74 bits per heavy atom. The van der Waals surface area contributed by atoms with Crippen molar-refractivity contribution < 1.29 is 9.53 Å². The van der Waals surface area contributed by atoms with Crippen LogP contribution in [0.1, 0.15) is 15.9 Å². The van der Waals surface area contributed by atoms with Crippen molar-refractivity contribution in [1.82, 2.24) is 14.4 Å². The summed E-state index contributed by atoms with van der Waals surface area (Å²) in [5.74, 6) is 1.01. The fourth-order valence-electron chi connectivity index (χ4n) is 2.93. The van der Waals surface area contributed by atoms with Gasteiger partial charge in [-0.2, -0.15) is 0 Å². The number of ether oxygens (including phenoxy) is 1. The van der Waals surface area contributed by atoms with Crippen molar-refractivity contribution in [2.75, 3.05) is 0 Å². The van der Waals surface area contributed by atoms with Crippen molar-refractivity contribution in [3.8, 4) is 11.6 Å². The number of nitrogens with one attached hydrogen (secondary N) is 1. The normalized spacial score (nSPS) is 10.9. The van der Waals surface area contributed by atoms with Crippen LogP contribution >= 0.6 is 11.8 Å². The molecular weight excluding hydrogens is 362 g/mol. The summed E-state index contributed by atoms with van der Waals surface area (Å²) in [7, 11) is 0. The molecule has 0 aliphatic rings. The first-order valence-electron chi connectivity index (χ1n) is 8.42. The van der Waals surface area contributed by atoms with Gasteiger partial charge in [-0.3, -0.25) is 9.36 Å². The Bertz CT molecular complexity index is 1090. The van der Waals surface area contributed by atoms with Gasteiger partial charge in [-0.1, -0.05) is 24.3 Å². The first-order valence-corrected chi connectivity index (χ1v) is 8.80. The molecule has 0 saturated heterocycles. The smallest absolute Gasteiger partial charge is 0.262 e. The molecule has 0 amide bonds. The number of halogens is 1. The lowest BCUT2D eigenvalue weighted by Crippen LogP contribution is -2.10. The topological polar surface area (TPSA) is 56.1 Å². The highest BCUT2D eigenvalue weighted by molar-refractivity contribution is 6.13. The van der Waals surface area contributed by atoms with Crippen LogP contribution in [0.25, 0.3) is 10.9 Å². The molecule has 4 rings (SSSR count). The predicted octanol–water partition coefficient (Wildman–Crippen LogP) is 4.76. The van der Waals surface area contributed by atoms with Gasteiger partial charge in [0, 0.05) is 36.0 Å². The highest BCUT2D eigenvalue weighted by Crippen LogP contribution is 2.30. The van der Waals surface area contributed by atoms with E-state index in [-0.39, 0.29) is 5.91 Å². The van der Waals surface area contributed by atoms with Crippen molar-refractivity contribution in [2.24, 2.45) is 0 Å². The van der Waals surface area contributed by atoms with Crippen LogP contribution in [0.2, 0.25) is 0 Å². The number of aromatic nitrogens is 2. The minimum absolute atomic E-state index is 0.0870. The second-order valence-corrected chi connectivity index (χ2v) is 6.23. The Morgan fingerprint density at radius 1 is 1.07 bits per heavy atom.